The van der Waals surface area contributed by atoms with Crippen LogP contribution in [0.5, 0.6) is 5.06 Å². The summed E-state index contributed by atoms with van der Waals surface area (Å²) in [5, 5.41) is 10.9. The summed E-state index contributed by atoms with van der Waals surface area (Å²) in [6.45, 7) is 2.16. The number of carbonyl (C=O) groups is 2. The Balaban J connectivity index is 1.53. The maximum absolute atomic E-state index is 12.6. The second-order valence-corrected chi connectivity index (χ2v) is 9.72. The molecule has 5 nitrogen and oxygen atoms in total. The number of thiophene rings is 1. The SMILES string of the molecule is CCCCC[C@H](O)c1ccc([C@H]2C(=O)CC[C@@H]2CCCc2ccc(OC(=O)OC)s2)cc1. The van der Waals surface area contributed by atoms with Crippen molar-refractivity contribution in [1.82, 2.24) is 0 Å². The summed E-state index contributed by atoms with van der Waals surface area (Å²) in [4.78, 5) is 25.0. The second kappa shape index (κ2) is 12.2. The average Bonchev–Trinajstić information content (AvgIpc) is 3.40. The minimum Gasteiger partial charge on any atom is -0.437 e. The Hall–Kier alpha value is -2.18. The van der Waals surface area contributed by atoms with Crippen LogP contribution >= 0.6 is 11.3 Å². The van der Waals surface area contributed by atoms with Gasteiger partial charge < -0.3 is 14.6 Å². The summed E-state index contributed by atoms with van der Waals surface area (Å²) in [7, 11) is 1.29. The lowest BCUT2D eigenvalue weighted by Crippen LogP contribution is -2.13. The third-order valence-corrected chi connectivity index (χ3v) is 7.35. The molecule has 3 atom stereocenters. The van der Waals surface area contributed by atoms with Crippen molar-refractivity contribution >= 4 is 23.3 Å². The van der Waals surface area contributed by atoms with E-state index in [4.69, 9.17) is 4.74 Å². The van der Waals surface area contributed by atoms with Crippen LogP contribution in [0.3, 0.4) is 0 Å². The van der Waals surface area contributed by atoms with Crippen molar-refractivity contribution in [2.75, 3.05) is 7.11 Å². The first-order chi connectivity index (χ1) is 15.5. The molecule has 0 unspecified atom stereocenters. The first-order valence-electron chi connectivity index (χ1n) is 11.7. The molecule has 6 heteroatoms. The lowest BCUT2D eigenvalue weighted by atomic mass is 9.84. The van der Waals surface area contributed by atoms with E-state index in [0.717, 1.165) is 67.4 Å². The van der Waals surface area contributed by atoms with Crippen LogP contribution in [-0.4, -0.2) is 24.2 Å². The van der Waals surface area contributed by atoms with Crippen molar-refractivity contribution in [2.24, 2.45) is 5.92 Å². The highest BCUT2D eigenvalue weighted by Gasteiger charge is 2.35. The summed E-state index contributed by atoms with van der Waals surface area (Å²) in [6, 6.07) is 11.8. The Morgan fingerprint density at radius 2 is 1.94 bits per heavy atom. The summed E-state index contributed by atoms with van der Waals surface area (Å²) in [5.74, 6) is 0.646. The minimum atomic E-state index is -0.704. The molecule has 0 amide bonds. The molecule has 0 bridgehead atoms. The minimum absolute atomic E-state index is 0.0390. The van der Waals surface area contributed by atoms with Gasteiger partial charge in [-0.3, -0.25) is 4.79 Å². The van der Waals surface area contributed by atoms with Gasteiger partial charge in [-0.25, -0.2) is 4.79 Å². The molecular formula is C26H34O5S. The molecule has 3 rings (SSSR count). The summed E-state index contributed by atoms with van der Waals surface area (Å²) < 4.78 is 9.58. The van der Waals surface area contributed by atoms with Crippen LogP contribution in [-0.2, 0) is 16.0 Å². The first-order valence-corrected chi connectivity index (χ1v) is 12.5. The topological polar surface area (TPSA) is 72.8 Å². The predicted molar refractivity (Wildman–Crippen MR) is 126 cm³/mol. The van der Waals surface area contributed by atoms with Gasteiger partial charge in [-0.15, -0.1) is 11.3 Å². The van der Waals surface area contributed by atoms with Gasteiger partial charge in [-0.1, -0.05) is 50.5 Å². The zero-order valence-corrected chi connectivity index (χ0v) is 19.9. The quantitative estimate of drug-likeness (QED) is 0.304. The fourth-order valence-electron chi connectivity index (χ4n) is 4.57. The largest absolute Gasteiger partial charge is 0.514 e. The Bertz CT molecular complexity index is 873. The monoisotopic (exact) mass is 458 g/mol. The molecule has 1 aromatic heterocycles. The number of unbranched alkanes of at least 4 members (excludes halogenated alkanes) is 2. The normalized spacial score (nSPS) is 19.2. The van der Waals surface area contributed by atoms with Crippen LogP contribution in [0.15, 0.2) is 36.4 Å². The second-order valence-electron chi connectivity index (χ2n) is 8.59. The first kappa shape index (κ1) is 24.5. The van der Waals surface area contributed by atoms with Gasteiger partial charge in [0.15, 0.2) is 5.06 Å². The molecule has 2 aromatic rings. The van der Waals surface area contributed by atoms with E-state index in [-0.39, 0.29) is 5.92 Å². The summed E-state index contributed by atoms with van der Waals surface area (Å²) in [5.41, 5.74) is 2.02. The highest BCUT2D eigenvalue weighted by molar-refractivity contribution is 7.13. The summed E-state index contributed by atoms with van der Waals surface area (Å²) >= 11 is 1.45. The molecule has 0 aliphatic heterocycles. The van der Waals surface area contributed by atoms with Crippen molar-refractivity contribution in [1.29, 1.82) is 0 Å². The molecule has 1 fully saturated rings. The van der Waals surface area contributed by atoms with Crippen molar-refractivity contribution in [3.63, 3.8) is 0 Å². The van der Waals surface area contributed by atoms with Gasteiger partial charge in [0.05, 0.1) is 13.2 Å². The molecule has 0 spiro atoms. The van der Waals surface area contributed by atoms with Gasteiger partial charge in [0.2, 0.25) is 0 Å². The average molecular weight is 459 g/mol. The molecule has 0 saturated heterocycles. The zero-order valence-electron chi connectivity index (χ0n) is 19.0. The van der Waals surface area contributed by atoms with Gasteiger partial charge in [-0.2, -0.15) is 0 Å². The molecular weight excluding hydrogens is 424 g/mol. The Morgan fingerprint density at radius 3 is 2.66 bits per heavy atom. The van der Waals surface area contributed by atoms with Crippen molar-refractivity contribution in [2.45, 2.75) is 76.7 Å². The fourth-order valence-corrected chi connectivity index (χ4v) is 5.46. The molecule has 1 aliphatic carbocycles. The molecule has 0 radical (unpaired) electrons. The number of benzene rings is 1. The number of aliphatic hydroxyl groups excluding tert-OH is 1. The van der Waals surface area contributed by atoms with Crippen LogP contribution < -0.4 is 4.74 Å². The Labute approximate surface area is 194 Å². The van der Waals surface area contributed by atoms with Crippen LogP contribution in [0.4, 0.5) is 4.79 Å². The smallest absolute Gasteiger partial charge is 0.437 e. The van der Waals surface area contributed by atoms with Crippen LogP contribution in [0.1, 0.15) is 86.3 Å². The molecule has 1 aliphatic rings. The Morgan fingerprint density at radius 1 is 1.16 bits per heavy atom. The lowest BCUT2D eigenvalue weighted by molar-refractivity contribution is -0.119. The number of ketones is 1. The van der Waals surface area contributed by atoms with Gasteiger partial charge >= 0.3 is 6.16 Å². The standard InChI is InChI=1S/C26H34O5S/c1-3-4-5-9-22(27)18-10-12-20(13-11-18)25-19(14-16-23(25)28)7-6-8-21-15-17-24(32-21)31-26(29)30-2/h10-13,15,17,19,22,25,27H,3-9,14,16H2,1-2H3/t19-,22-,25-/m0/s1. The Kier molecular flexibility index (Phi) is 9.30. The van der Waals surface area contributed by atoms with Gasteiger partial charge in [0, 0.05) is 17.2 Å². The number of hydrogen-bond donors (Lipinski definition) is 1. The number of Topliss-reactive ketones (excluding diaryl/α,β-unsaturated/α-hetero) is 1. The molecule has 1 heterocycles. The van der Waals surface area contributed by atoms with Crippen molar-refractivity contribution in [3.05, 3.63) is 52.4 Å². The van der Waals surface area contributed by atoms with E-state index >= 15 is 0 Å². The third-order valence-electron chi connectivity index (χ3n) is 6.33. The van der Waals surface area contributed by atoms with Gasteiger partial charge in [-0.05, 0) is 61.3 Å². The lowest BCUT2D eigenvalue weighted by Gasteiger charge is -2.20. The van der Waals surface area contributed by atoms with Crippen LogP contribution in [0.25, 0.3) is 0 Å². The van der Waals surface area contributed by atoms with Gasteiger partial charge in [0.1, 0.15) is 5.78 Å². The molecule has 1 saturated carbocycles. The van der Waals surface area contributed by atoms with E-state index in [1.165, 1.54) is 18.4 Å². The highest BCUT2D eigenvalue weighted by Crippen LogP contribution is 2.40. The fraction of sp³-hybridized carbons (Fsp3) is 0.538. The number of aliphatic hydroxyl groups is 1. The number of ether oxygens (including phenoxy) is 2. The van der Waals surface area contributed by atoms with E-state index in [0.29, 0.717) is 23.2 Å². The zero-order chi connectivity index (χ0) is 22.9. The summed E-state index contributed by atoms with van der Waals surface area (Å²) in [6.07, 6.45) is 7.42. The molecule has 1 aromatic carbocycles. The molecule has 174 valence electrons. The maximum atomic E-state index is 12.6. The van der Waals surface area contributed by atoms with E-state index < -0.39 is 12.3 Å². The van der Waals surface area contributed by atoms with E-state index in [1.54, 1.807) is 6.07 Å². The van der Waals surface area contributed by atoms with Crippen molar-refractivity contribution < 1.29 is 24.2 Å². The maximum Gasteiger partial charge on any atom is 0.514 e. The number of rotatable bonds is 11. The van der Waals surface area contributed by atoms with Crippen LogP contribution in [0, 0.1) is 5.92 Å². The van der Waals surface area contributed by atoms with E-state index in [9.17, 15) is 14.7 Å². The third kappa shape index (κ3) is 6.66. The van der Waals surface area contributed by atoms with E-state index in [1.807, 2.05) is 30.3 Å². The highest BCUT2D eigenvalue weighted by atomic mass is 32.1. The molecule has 1 N–H and O–H groups in total. The predicted octanol–water partition coefficient (Wildman–Crippen LogP) is 6.59. The molecule has 32 heavy (non-hydrogen) atoms. The van der Waals surface area contributed by atoms with E-state index in [2.05, 4.69) is 11.7 Å². The van der Waals surface area contributed by atoms with Crippen molar-refractivity contribution in [3.8, 4) is 5.06 Å². The number of methoxy groups -OCH3 is 1. The van der Waals surface area contributed by atoms with Gasteiger partial charge in [0.25, 0.3) is 0 Å². The number of carbonyl (C=O) groups excluding carboxylic acids is 2. The van der Waals surface area contributed by atoms with Crippen LogP contribution in [0.2, 0.25) is 0 Å². The number of hydrogen-bond acceptors (Lipinski definition) is 6. The number of aryl methyl sites for hydroxylation is 1.